The summed E-state index contributed by atoms with van der Waals surface area (Å²) in [6.45, 7) is -0.0266. The van der Waals surface area contributed by atoms with E-state index in [4.69, 9.17) is 31.7 Å². The normalized spacial score (nSPS) is 27.8. The van der Waals surface area contributed by atoms with Gasteiger partial charge in [-0.3, -0.25) is 13.6 Å². The zero-order valence-corrected chi connectivity index (χ0v) is 18.1. The standard InChI is InChI=1S/C14H20N5O5PS3/c15-14-17-12-11(13(26)18-14)16-7-19(12)10-2-1-8(23-10)5-22-25(20,21)24-9-3-4-27-28-6-9/h7-10H,1-6H2,(H,20,21)(H3,15,17,18,26)/t8-,9-,10+/m0/s1. The molecule has 4 heterocycles. The maximum absolute atomic E-state index is 12.2. The first-order valence-corrected chi connectivity index (χ1v) is 13.1. The largest absolute Gasteiger partial charge is 0.472 e. The molecule has 4 N–H and O–H groups in total. The third-order valence-corrected chi connectivity index (χ3v) is 8.23. The number of hydrogen-bond acceptors (Lipinski definition) is 10. The van der Waals surface area contributed by atoms with Gasteiger partial charge in [0.25, 0.3) is 0 Å². The Morgan fingerprint density at radius 1 is 1.46 bits per heavy atom. The van der Waals surface area contributed by atoms with Crippen molar-refractivity contribution >= 4 is 58.7 Å². The number of H-pyrrole nitrogens is 1. The molecule has 2 fully saturated rings. The number of aromatic nitrogens is 4. The summed E-state index contributed by atoms with van der Waals surface area (Å²) in [6.07, 6.45) is 2.76. The molecule has 0 aromatic carbocycles. The molecular formula is C14H20N5O5PS3. The van der Waals surface area contributed by atoms with Crippen LogP contribution in [0.3, 0.4) is 0 Å². The van der Waals surface area contributed by atoms with Gasteiger partial charge in [-0.1, -0.05) is 33.8 Å². The van der Waals surface area contributed by atoms with Crippen LogP contribution in [0.4, 0.5) is 5.95 Å². The van der Waals surface area contributed by atoms with Gasteiger partial charge in [-0.15, -0.1) is 0 Å². The molecule has 4 rings (SSSR count). The monoisotopic (exact) mass is 465 g/mol. The molecule has 0 bridgehead atoms. The van der Waals surface area contributed by atoms with E-state index < -0.39 is 7.82 Å². The molecule has 0 unspecified atom stereocenters. The van der Waals surface area contributed by atoms with Gasteiger partial charge in [0, 0.05) is 11.5 Å². The van der Waals surface area contributed by atoms with E-state index in [0.29, 0.717) is 34.4 Å². The lowest BCUT2D eigenvalue weighted by molar-refractivity contribution is -0.0238. The molecule has 2 saturated heterocycles. The number of nitrogens with zero attached hydrogens (tertiary/aromatic N) is 3. The summed E-state index contributed by atoms with van der Waals surface area (Å²) in [7, 11) is -0.744. The van der Waals surface area contributed by atoms with Crippen LogP contribution in [0, 0.1) is 4.64 Å². The van der Waals surface area contributed by atoms with Gasteiger partial charge in [0.05, 0.1) is 25.1 Å². The number of imidazole rings is 1. The molecule has 0 radical (unpaired) electrons. The highest BCUT2D eigenvalue weighted by Crippen LogP contribution is 2.48. The van der Waals surface area contributed by atoms with E-state index in [1.54, 1.807) is 32.5 Å². The Morgan fingerprint density at radius 3 is 3.11 bits per heavy atom. The van der Waals surface area contributed by atoms with E-state index >= 15 is 0 Å². The second-order valence-corrected chi connectivity index (χ2v) is 10.9. The number of rotatable bonds is 6. The topological polar surface area (TPSA) is 138 Å². The molecule has 14 heteroatoms. The third-order valence-electron chi connectivity index (χ3n) is 4.41. The molecule has 28 heavy (non-hydrogen) atoms. The Hall–Kier alpha value is -0.660. The molecule has 0 amide bonds. The Labute approximate surface area is 173 Å². The zero-order valence-electron chi connectivity index (χ0n) is 14.7. The van der Waals surface area contributed by atoms with Crippen LogP contribution in [0.15, 0.2) is 6.33 Å². The fourth-order valence-electron chi connectivity index (χ4n) is 3.09. The Bertz CT molecular complexity index is 949. The predicted octanol–water partition coefficient (Wildman–Crippen LogP) is 3.04. The van der Waals surface area contributed by atoms with Crippen LogP contribution in [0.25, 0.3) is 11.2 Å². The number of nitrogen functional groups attached to an aromatic ring is 1. The summed E-state index contributed by atoms with van der Waals surface area (Å²) < 4.78 is 30.8. The Balaban J connectivity index is 1.35. The van der Waals surface area contributed by atoms with Gasteiger partial charge in [0.2, 0.25) is 5.95 Å². The number of phosphoric acid groups is 1. The fourth-order valence-corrected chi connectivity index (χ4v) is 6.76. The maximum Gasteiger partial charge on any atom is 0.472 e. The van der Waals surface area contributed by atoms with E-state index in [1.165, 1.54) is 0 Å². The van der Waals surface area contributed by atoms with Gasteiger partial charge in [-0.05, 0) is 19.3 Å². The van der Waals surface area contributed by atoms with Crippen molar-refractivity contribution < 1.29 is 23.2 Å². The molecule has 2 aliphatic rings. The lowest BCUT2D eigenvalue weighted by Gasteiger charge is -2.24. The van der Waals surface area contributed by atoms with Crippen LogP contribution in [0.5, 0.6) is 0 Å². The molecule has 0 aliphatic carbocycles. The number of nitrogens with two attached hydrogens (primary N) is 1. The Kier molecular flexibility index (Phi) is 6.33. The average molecular weight is 466 g/mol. The van der Waals surface area contributed by atoms with Gasteiger partial charge in [-0.2, -0.15) is 4.98 Å². The molecule has 2 aliphatic heterocycles. The van der Waals surface area contributed by atoms with Crippen LogP contribution >= 0.6 is 41.6 Å². The smallest absolute Gasteiger partial charge is 0.369 e. The summed E-state index contributed by atoms with van der Waals surface area (Å²) in [4.78, 5) is 21.3. The number of fused-ring (bicyclic) bond motifs is 1. The van der Waals surface area contributed by atoms with Crippen LogP contribution in [-0.2, 0) is 18.3 Å². The predicted molar refractivity (Wildman–Crippen MR) is 110 cm³/mol. The summed E-state index contributed by atoms with van der Waals surface area (Å²) in [5.41, 5.74) is 6.82. The van der Waals surface area contributed by atoms with Crippen molar-refractivity contribution in [1.82, 2.24) is 19.5 Å². The lowest BCUT2D eigenvalue weighted by Crippen LogP contribution is -2.21. The Morgan fingerprint density at radius 2 is 2.32 bits per heavy atom. The molecule has 154 valence electrons. The minimum atomic E-state index is -4.11. The van der Waals surface area contributed by atoms with Gasteiger partial charge in [0.15, 0.2) is 5.65 Å². The third kappa shape index (κ3) is 4.73. The van der Waals surface area contributed by atoms with E-state index in [-0.39, 0.29) is 31.0 Å². The van der Waals surface area contributed by atoms with E-state index in [2.05, 4.69) is 15.0 Å². The second kappa shape index (κ2) is 8.60. The van der Waals surface area contributed by atoms with E-state index in [0.717, 1.165) is 12.2 Å². The van der Waals surface area contributed by atoms with Crippen molar-refractivity contribution in [2.24, 2.45) is 0 Å². The van der Waals surface area contributed by atoms with Crippen molar-refractivity contribution in [2.75, 3.05) is 23.8 Å². The maximum atomic E-state index is 12.2. The number of anilines is 1. The van der Waals surface area contributed by atoms with Crippen molar-refractivity contribution in [1.29, 1.82) is 0 Å². The number of nitrogens with one attached hydrogen (secondary N) is 1. The minimum Gasteiger partial charge on any atom is -0.369 e. The molecule has 0 spiro atoms. The number of aromatic amines is 1. The van der Waals surface area contributed by atoms with Crippen molar-refractivity contribution in [3.63, 3.8) is 0 Å². The first-order valence-electron chi connectivity index (χ1n) is 8.69. The second-order valence-electron chi connectivity index (χ2n) is 6.45. The first kappa shape index (κ1) is 20.6. The van der Waals surface area contributed by atoms with Crippen molar-refractivity contribution in [3.8, 4) is 0 Å². The molecule has 0 saturated carbocycles. The highest BCUT2D eigenvalue weighted by atomic mass is 33.1. The van der Waals surface area contributed by atoms with E-state index in [9.17, 15) is 9.46 Å². The van der Waals surface area contributed by atoms with E-state index in [1.807, 2.05) is 0 Å². The summed E-state index contributed by atoms with van der Waals surface area (Å²) in [5.74, 6) is 1.77. The van der Waals surface area contributed by atoms with Gasteiger partial charge in [0.1, 0.15) is 16.4 Å². The van der Waals surface area contributed by atoms with Crippen LogP contribution < -0.4 is 5.73 Å². The molecule has 10 nitrogen and oxygen atoms in total. The molecule has 2 aromatic rings. The number of hydrogen-bond donors (Lipinski definition) is 3. The summed E-state index contributed by atoms with van der Waals surface area (Å²) in [5, 5.41) is 0. The lowest BCUT2D eigenvalue weighted by atomic mass is 10.2. The highest BCUT2D eigenvalue weighted by molar-refractivity contribution is 8.76. The van der Waals surface area contributed by atoms with Gasteiger partial charge >= 0.3 is 7.82 Å². The summed E-state index contributed by atoms with van der Waals surface area (Å²) in [6, 6.07) is 0. The highest BCUT2D eigenvalue weighted by Gasteiger charge is 2.33. The van der Waals surface area contributed by atoms with Crippen LogP contribution in [0.1, 0.15) is 25.5 Å². The molecular weight excluding hydrogens is 445 g/mol. The SMILES string of the molecule is Nc1nc2c(ncn2[C@H]2CC[C@@H](CO[P@@](=O)(O)O[C@H]3CCSSC3)O2)c(=S)[nH]1. The quantitative estimate of drug-likeness (QED) is 0.330. The van der Waals surface area contributed by atoms with Crippen molar-refractivity contribution in [3.05, 3.63) is 11.0 Å². The fraction of sp³-hybridized carbons (Fsp3) is 0.643. The molecule has 2 aromatic heterocycles. The van der Waals surface area contributed by atoms with Gasteiger partial charge < -0.3 is 20.3 Å². The minimum absolute atomic E-state index is 0.0266. The zero-order chi connectivity index (χ0) is 19.7. The first-order chi connectivity index (χ1) is 13.4. The molecule has 4 atom stereocenters. The summed E-state index contributed by atoms with van der Waals surface area (Å²) >= 11 is 5.21. The van der Waals surface area contributed by atoms with Gasteiger partial charge in [-0.25, -0.2) is 9.55 Å². The van der Waals surface area contributed by atoms with Crippen LogP contribution in [-0.4, -0.2) is 54.7 Å². The van der Waals surface area contributed by atoms with Crippen molar-refractivity contribution in [2.45, 2.75) is 37.7 Å². The van der Waals surface area contributed by atoms with Crippen LogP contribution in [0.2, 0.25) is 0 Å². The average Bonchev–Trinajstić information content (AvgIpc) is 3.27. The number of ether oxygens (including phenoxy) is 1. The number of phosphoric ester groups is 1.